The number of furan rings is 1. The molecule has 0 spiro atoms. The molecule has 1 saturated heterocycles. The molecule has 2 rings (SSSR count). The summed E-state index contributed by atoms with van der Waals surface area (Å²) in [5.74, 6) is -1.10. The standard InChI is InChI=1S/C15H20N2O5/c1-10-12(5-8-22-10)14(19)16(2)9-13(18)17-6-3-11(4-7-17)15(20)21/h5,8,11H,3-4,6-7,9H2,1-2H3,(H,20,21). The van der Waals surface area contributed by atoms with Crippen molar-refractivity contribution in [2.75, 3.05) is 26.7 Å². The van der Waals surface area contributed by atoms with Gasteiger partial charge < -0.3 is 19.3 Å². The minimum absolute atomic E-state index is 0.0266. The van der Waals surface area contributed by atoms with Crippen molar-refractivity contribution >= 4 is 17.8 Å². The SMILES string of the molecule is Cc1occc1C(=O)N(C)CC(=O)N1CCC(C(=O)O)CC1. The number of likely N-dealkylation sites (tertiary alicyclic amines) is 1. The molecule has 2 heterocycles. The molecule has 1 aromatic rings. The number of rotatable bonds is 4. The lowest BCUT2D eigenvalue weighted by Crippen LogP contribution is -2.45. The number of amides is 2. The summed E-state index contributed by atoms with van der Waals surface area (Å²) >= 11 is 0. The van der Waals surface area contributed by atoms with Crippen molar-refractivity contribution in [3.63, 3.8) is 0 Å². The van der Waals surface area contributed by atoms with Gasteiger partial charge in [0.15, 0.2) is 0 Å². The van der Waals surface area contributed by atoms with Crippen molar-refractivity contribution in [3.05, 3.63) is 23.7 Å². The number of aliphatic carboxylic acids is 1. The lowest BCUT2D eigenvalue weighted by atomic mass is 9.97. The van der Waals surface area contributed by atoms with Gasteiger partial charge in [-0.2, -0.15) is 0 Å². The van der Waals surface area contributed by atoms with Gasteiger partial charge in [-0.3, -0.25) is 14.4 Å². The van der Waals surface area contributed by atoms with Gasteiger partial charge in [-0.05, 0) is 25.8 Å². The number of likely N-dealkylation sites (N-methyl/N-ethyl adjacent to an activating group) is 1. The Kier molecular flexibility index (Phi) is 4.85. The van der Waals surface area contributed by atoms with Crippen LogP contribution in [0.3, 0.4) is 0 Å². The monoisotopic (exact) mass is 308 g/mol. The molecule has 22 heavy (non-hydrogen) atoms. The average Bonchev–Trinajstić information content (AvgIpc) is 2.92. The van der Waals surface area contributed by atoms with Gasteiger partial charge in [-0.1, -0.05) is 0 Å². The predicted octanol–water partition coefficient (Wildman–Crippen LogP) is 0.983. The maximum absolute atomic E-state index is 12.2. The molecule has 0 bridgehead atoms. The van der Waals surface area contributed by atoms with Crippen LogP contribution in [-0.2, 0) is 9.59 Å². The summed E-state index contributed by atoms with van der Waals surface area (Å²) in [4.78, 5) is 38.3. The van der Waals surface area contributed by atoms with E-state index in [4.69, 9.17) is 9.52 Å². The first kappa shape index (κ1) is 16.1. The Morgan fingerprint density at radius 2 is 2.00 bits per heavy atom. The van der Waals surface area contributed by atoms with Gasteiger partial charge in [-0.25, -0.2) is 0 Å². The van der Waals surface area contributed by atoms with Crippen LogP contribution >= 0.6 is 0 Å². The number of carbonyl (C=O) groups is 3. The molecule has 1 aliphatic heterocycles. The molecule has 1 aliphatic rings. The Morgan fingerprint density at radius 1 is 1.36 bits per heavy atom. The average molecular weight is 308 g/mol. The minimum atomic E-state index is -0.810. The fourth-order valence-corrected chi connectivity index (χ4v) is 2.56. The highest BCUT2D eigenvalue weighted by atomic mass is 16.4. The largest absolute Gasteiger partial charge is 0.481 e. The highest BCUT2D eigenvalue weighted by Crippen LogP contribution is 2.18. The maximum Gasteiger partial charge on any atom is 0.306 e. The predicted molar refractivity (Wildman–Crippen MR) is 77.3 cm³/mol. The molecule has 1 N–H and O–H groups in total. The Morgan fingerprint density at radius 3 is 2.50 bits per heavy atom. The Bertz CT molecular complexity index is 572. The summed E-state index contributed by atoms with van der Waals surface area (Å²) < 4.78 is 5.09. The minimum Gasteiger partial charge on any atom is -0.481 e. The molecule has 7 heteroatoms. The molecular weight excluding hydrogens is 288 g/mol. The van der Waals surface area contributed by atoms with Crippen LogP contribution in [0.5, 0.6) is 0 Å². The number of nitrogens with zero attached hydrogens (tertiary/aromatic N) is 2. The highest BCUT2D eigenvalue weighted by molar-refractivity contribution is 5.97. The molecule has 0 saturated carbocycles. The van der Waals surface area contributed by atoms with Crippen LogP contribution in [0.4, 0.5) is 0 Å². The van der Waals surface area contributed by atoms with Crippen LogP contribution < -0.4 is 0 Å². The zero-order chi connectivity index (χ0) is 16.3. The molecule has 0 radical (unpaired) electrons. The Labute approximate surface area is 128 Å². The van der Waals surface area contributed by atoms with E-state index in [2.05, 4.69) is 0 Å². The van der Waals surface area contributed by atoms with Crippen molar-refractivity contribution in [2.45, 2.75) is 19.8 Å². The zero-order valence-electron chi connectivity index (χ0n) is 12.7. The van der Waals surface area contributed by atoms with Crippen LogP contribution in [0, 0.1) is 12.8 Å². The molecule has 0 aliphatic carbocycles. The van der Waals surface area contributed by atoms with E-state index in [0.717, 1.165) is 0 Å². The molecule has 7 nitrogen and oxygen atoms in total. The Balaban J connectivity index is 1.88. The second-order valence-electron chi connectivity index (χ2n) is 5.54. The summed E-state index contributed by atoms with van der Waals surface area (Å²) in [7, 11) is 1.57. The van der Waals surface area contributed by atoms with Crippen LogP contribution in [0.1, 0.15) is 29.0 Å². The van der Waals surface area contributed by atoms with Gasteiger partial charge >= 0.3 is 5.97 Å². The number of carboxylic acids is 1. The number of hydrogen-bond donors (Lipinski definition) is 1. The zero-order valence-corrected chi connectivity index (χ0v) is 12.7. The van der Waals surface area contributed by atoms with Crippen LogP contribution in [0.2, 0.25) is 0 Å². The summed E-state index contributed by atoms with van der Waals surface area (Å²) in [6.07, 6.45) is 2.36. The van der Waals surface area contributed by atoms with Crippen LogP contribution in [0.15, 0.2) is 16.7 Å². The summed E-state index contributed by atoms with van der Waals surface area (Å²) in [5.41, 5.74) is 0.444. The van der Waals surface area contributed by atoms with E-state index in [9.17, 15) is 14.4 Å². The van der Waals surface area contributed by atoms with Crippen LogP contribution in [0.25, 0.3) is 0 Å². The summed E-state index contributed by atoms with van der Waals surface area (Å²) in [6.45, 7) is 2.51. The number of aryl methyl sites for hydroxylation is 1. The van der Waals surface area contributed by atoms with Gasteiger partial charge in [0, 0.05) is 20.1 Å². The van der Waals surface area contributed by atoms with E-state index in [-0.39, 0.29) is 24.3 Å². The Hall–Kier alpha value is -2.31. The number of hydrogen-bond acceptors (Lipinski definition) is 4. The fraction of sp³-hybridized carbons (Fsp3) is 0.533. The van der Waals surface area contributed by atoms with Crippen molar-refractivity contribution in [1.29, 1.82) is 0 Å². The molecule has 120 valence electrons. The third kappa shape index (κ3) is 3.47. The van der Waals surface area contributed by atoms with Crippen molar-refractivity contribution < 1.29 is 23.9 Å². The summed E-state index contributed by atoms with van der Waals surface area (Å²) in [6, 6.07) is 1.58. The first-order valence-electron chi connectivity index (χ1n) is 7.20. The topological polar surface area (TPSA) is 91.1 Å². The van der Waals surface area contributed by atoms with Crippen molar-refractivity contribution in [3.8, 4) is 0 Å². The smallest absolute Gasteiger partial charge is 0.306 e. The van der Waals surface area contributed by atoms with Crippen molar-refractivity contribution in [1.82, 2.24) is 9.80 Å². The molecule has 1 aromatic heterocycles. The first-order valence-corrected chi connectivity index (χ1v) is 7.20. The van der Waals surface area contributed by atoms with Crippen LogP contribution in [-0.4, -0.2) is 59.4 Å². The molecular formula is C15H20N2O5. The van der Waals surface area contributed by atoms with E-state index in [0.29, 0.717) is 37.3 Å². The van der Waals surface area contributed by atoms with E-state index < -0.39 is 5.97 Å². The third-order valence-corrected chi connectivity index (χ3v) is 4.01. The lowest BCUT2D eigenvalue weighted by molar-refractivity contribution is -0.145. The third-order valence-electron chi connectivity index (χ3n) is 4.01. The highest BCUT2D eigenvalue weighted by Gasteiger charge is 2.28. The number of piperidine rings is 1. The maximum atomic E-state index is 12.2. The van der Waals surface area contributed by atoms with E-state index in [1.165, 1.54) is 11.2 Å². The van der Waals surface area contributed by atoms with Gasteiger partial charge in [-0.15, -0.1) is 0 Å². The molecule has 0 unspecified atom stereocenters. The second kappa shape index (κ2) is 6.64. The first-order chi connectivity index (χ1) is 10.4. The van der Waals surface area contributed by atoms with E-state index in [1.807, 2.05) is 0 Å². The quantitative estimate of drug-likeness (QED) is 0.895. The lowest BCUT2D eigenvalue weighted by Gasteiger charge is -2.31. The fourth-order valence-electron chi connectivity index (χ4n) is 2.56. The van der Waals surface area contributed by atoms with Gasteiger partial charge in [0.1, 0.15) is 5.76 Å². The van der Waals surface area contributed by atoms with Gasteiger partial charge in [0.25, 0.3) is 5.91 Å². The van der Waals surface area contributed by atoms with Gasteiger partial charge in [0.05, 0.1) is 24.3 Å². The molecule has 2 amide bonds. The number of carboxylic acid groups (broad SMARTS) is 1. The second-order valence-corrected chi connectivity index (χ2v) is 5.54. The van der Waals surface area contributed by atoms with E-state index in [1.54, 1.807) is 24.9 Å². The van der Waals surface area contributed by atoms with Gasteiger partial charge in [0.2, 0.25) is 5.91 Å². The normalized spacial score (nSPS) is 15.6. The summed E-state index contributed by atoms with van der Waals surface area (Å²) in [5, 5.41) is 8.95. The van der Waals surface area contributed by atoms with E-state index >= 15 is 0 Å². The number of carbonyl (C=O) groups excluding carboxylic acids is 2. The molecule has 0 aromatic carbocycles. The molecule has 1 fully saturated rings. The van der Waals surface area contributed by atoms with Crippen molar-refractivity contribution in [2.24, 2.45) is 5.92 Å². The molecule has 0 atom stereocenters.